The van der Waals surface area contributed by atoms with Gasteiger partial charge in [0.2, 0.25) is 0 Å². The Balaban J connectivity index is 3.92. The third-order valence-corrected chi connectivity index (χ3v) is 2.12. The second-order valence-electron chi connectivity index (χ2n) is 5.40. The van der Waals surface area contributed by atoms with Gasteiger partial charge in [-0.05, 0) is 26.7 Å². The second kappa shape index (κ2) is 6.66. The summed E-state index contributed by atoms with van der Waals surface area (Å²) in [6, 6.07) is 0. The van der Waals surface area contributed by atoms with Gasteiger partial charge in [0.15, 0.2) is 0 Å². The number of carbonyl (C=O) groups is 2. The minimum absolute atomic E-state index is 0.0183. The van der Waals surface area contributed by atoms with Gasteiger partial charge in [0.25, 0.3) is 0 Å². The van der Waals surface area contributed by atoms with E-state index >= 15 is 0 Å². The van der Waals surface area contributed by atoms with E-state index < -0.39 is 11.6 Å². The molecule has 3 nitrogen and oxygen atoms in total. The minimum atomic E-state index is -0.508. The number of rotatable bonds is 6. The first kappa shape index (κ1) is 15.1. The van der Waals surface area contributed by atoms with Crippen LogP contribution in [0.3, 0.4) is 0 Å². The Morgan fingerprint density at radius 1 is 1.25 bits per heavy atom. The van der Waals surface area contributed by atoms with E-state index in [9.17, 15) is 9.59 Å². The van der Waals surface area contributed by atoms with Crippen molar-refractivity contribution in [2.24, 2.45) is 5.92 Å². The van der Waals surface area contributed by atoms with E-state index in [0.717, 1.165) is 12.8 Å². The smallest absolute Gasteiger partial charge is 0.313 e. The summed E-state index contributed by atoms with van der Waals surface area (Å²) in [7, 11) is 0. The topological polar surface area (TPSA) is 43.4 Å². The summed E-state index contributed by atoms with van der Waals surface area (Å²) in [5.74, 6) is -0.0728. The Morgan fingerprint density at radius 2 is 1.81 bits per heavy atom. The maximum atomic E-state index is 11.5. The molecule has 0 fully saturated rings. The molecule has 0 saturated carbocycles. The van der Waals surface area contributed by atoms with Crippen molar-refractivity contribution in [2.75, 3.05) is 0 Å². The largest absolute Gasteiger partial charge is 0.460 e. The van der Waals surface area contributed by atoms with Crippen molar-refractivity contribution in [2.45, 2.75) is 65.9 Å². The van der Waals surface area contributed by atoms with E-state index in [1.165, 1.54) is 0 Å². The quantitative estimate of drug-likeness (QED) is 0.518. The van der Waals surface area contributed by atoms with Gasteiger partial charge in [-0.3, -0.25) is 9.59 Å². The number of ether oxygens (including phenoxy) is 1. The molecule has 3 heteroatoms. The Morgan fingerprint density at radius 3 is 2.25 bits per heavy atom. The van der Waals surface area contributed by atoms with Crippen LogP contribution >= 0.6 is 0 Å². The molecule has 0 aromatic rings. The normalized spacial score (nSPS) is 13.3. The third kappa shape index (κ3) is 8.45. The van der Waals surface area contributed by atoms with Gasteiger partial charge >= 0.3 is 5.97 Å². The maximum absolute atomic E-state index is 11.5. The number of esters is 1. The van der Waals surface area contributed by atoms with Crippen molar-refractivity contribution < 1.29 is 14.3 Å². The fraction of sp³-hybridized carbons (Fsp3) is 0.846. The molecule has 0 heterocycles. The molecule has 0 aliphatic carbocycles. The number of Topliss-reactive ketones (excluding diaryl/α,β-unsaturated/α-hetero) is 1. The van der Waals surface area contributed by atoms with Gasteiger partial charge in [-0.25, -0.2) is 0 Å². The lowest BCUT2D eigenvalue weighted by Gasteiger charge is -2.19. The van der Waals surface area contributed by atoms with Crippen LogP contribution in [0.1, 0.15) is 60.3 Å². The third-order valence-electron chi connectivity index (χ3n) is 2.12. The molecule has 0 N–H and O–H groups in total. The summed E-state index contributed by atoms with van der Waals surface area (Å²) in [5, 5.41) is 0. The van der Waals surface area contributed by atoms with E-state index in [1.807, 2.05) is 6.92 Å². The summed E-state index contributed by atoms with van der Waals surface area (Å²) >= 11 is 0. The Labute approximate surface area is 98.6 Å². The minimum Gasteiger partial charge on any atom is -0.460 e. The Kier molecular flexibility index (Phi) is 6.31. The molecule has 0 rings (SSSR count). The lowest BCUT2D eigenvalue weighted by Crippen LogP contribution is -2.25. The van der Waals surface area contributed by atoms with E-state index in [2.05, 4.69) is 6.92 Å². The van der Waals surface area contributed by atoms with Crippen molar-refractivity contribution in [3.63, 3.8) is 0 Å². The van der Waals surface area contributed by atoms with E-state index in [-0.39, 0.29) is 12.2 Å². The van der Waals surface area contributed by atoms with Crippen molar-refractivity contribution in [1.82, 2.24) is 0 Å². The SMILES string of the molecule is CCC[C@@H](C)CC(=O)CC(=O)OC(C)(C)C. The molecule has 16 heavy (non-hydrogen) atoms. The molecule has 0 aromatic carbocycles. The summed E-state index contributed by atoms with van der Waals surface area (Å²) in [6.07, 6.45) is 2.49. The molecular weight excluding hydrogens is 204 g/mol. The number of hydrogen-bond donors (Lipinski definition) is 0. The molecular formula is C13H24O3. The molecule has 0 aliphatic rings. The van der Waals surface area contributed by atoms with E-state index in [0.29, 0.717) is 12.3 Å². The van der Waals surface area contributed by atoms with Crippen LogP contribution in [0.15, 0.2) is 0 Å². The molecule has 0 aliphatic heterocycles. The highest BCUT2D eigenvalue weighted by molar-refractivity contribution is 5.95. The van der Waals surface area contributed by atoms with Crippen molar-refractivity contribution in [3.05, 3.63) is 0 Å². The molecule has 0 bridgehead atoms. The van der Waals surface area contributed by atoms with E-state index in [1.54, 1.807) is 20.8 Å². The van der Waals surface area contributed by atoms with Crippen molar-refractivity contribution >= 4 is 11.8 Å². The highest BCUT2D eigenvalue weighted by Crippen LogP contribution is 2.13. The molecule has 0 spiro atoms. The molecule has 1 atom stereocenters. The highest BCUT2D eigenvalue weighted by Gasteiger charge is 2.19. The summed E-state index contributed by atoms with van der Waals surface area (Å²) in [4.78, 5) is 22.9. The summed E-state index contributed by atoms with van der Waals surface area (Å²) in [5.41, 5.74) is -0.508. The van der Waals surface area contributed by atoms with Gasteiger partial charge in [0, 0.05) is 6.42 Å². The molecule has 0 unspecified atom stereocenters. The van der Waals surface area contributed by atoms with Gasteiger partial charge in [0.1, 0.15) is 17.8 Å². The standard InChI is InChI=1S/C13H24O3/c1-6-7-10(2)8-11(14)9-12(15)16-13(3,4)5/h10H,6-9H2,1-5H3/t10-/m1/s1. The monoisotopic (exact) mass is 228 g/mol. The van der Waals surface area contributed by atoms with Gasteiger partial charge < -0.3 is 4.74 Å². The van der Waals surface area contributed by atoms with Gasteiger partial charge in [-0.1, -0.05) is 26.7 Å². The van der Waals surface area contributed by atoms with Gasteiger partial charge in [-0.15, -0.1) is 0 Å². The average Bonchev–Trinajstić information content (AvgIpc) is 1.98. The van der Waals surface area contributed by atoms with Crippen LogP contribution in [0, 0.1) is 5.92 Å². The van der Waals surface area contributed by atoms with Crippen molar-refractivity contribution in [1.29, 1.82) is 0 Å². The first-order valence-electron chi connectivity index (χ1n) is 5.98. The van der Waals surface area contributed by atoms with Crippen LogP contribution in [0.4, 0.5) is 0 Å². The van der Waals surface area contributed by atoms with Crippen LogP contribution in [0.25, 0.3) is 0 Å². The van der Waals surface area contributed by atoms with E-state index in [4.69, 9.17) is 4.74 Å². The molecule has 0 radical (unpaired) electrons. The van der Waals surface area contributed by atoms with Crippen LogP contribution in [0.5, 0.6) is 0 Å². The first-order valence-corrected chi connectivity index (χ1v) is 5.98. The highest BCUT2D eigenvalue weighted by atomic mass is 16.6. The fourth-order valence-corrected chi connectivity index (χ4v) is 1.59. The predicted octanol–water partition coefficient (Wildman–Crippen LogP) is 3.11. The Bertz CT molecular complexity index is 238. The van der Waals surface area contributed by atoms with Crippen LogP contribution in [0.2, 0.25) is 0 Å². The zero-order valence-electron chi connectivity index (χ0n) is 11.1. The maximum Gasteiger partial charge on any atom is 0.313 e. The molecule has 0 amide bonds. The van der Waals surface area contributed by atoms with Crippen LogP contribution in [-0.2, 0) is 14.3 Å². The lowest BCUT2D eigenvalue weighted by molar-refractivity contribution is -0.156. The molecule has 0 saturated heterocycles. The average molecular weight is 228 g/mol. The summed E-state index contributed by atoms with van der Waals surface area (Å²) in [6.45, 7) is 9.53. The van der Waals surface area contributed by atoms with Crippen molar-refractivity contribution in [3.8, 4) is 0 Å². The van der Waals surface area contributed by atoms with Gasteiger partial charge in [-0.2, -0.15) is 0 Å². The summed E-state index contributed by atoms with van der Waals surface area (Å²) < 4.78 is 5.09. The Hall–Kier alpha value is -0.860. The zero-order chi connectivity index (χ0) is 12.8. The number of hydrogen-bond acceptors (Lipinski definition) is 3. The zero-order valence-corrected chi connectivity index (χ0v) is 11.1. The first-order chi connectivity index (χ1) is 7.24. The molecule has 0 aromatic heterocycles. The van der Waals surface area contributed by atoms with Gasteiger partial charge in [0.05, 0.1) is 0 Å². The second-order valence-corrected chi connectivity index (χ2v) is 5.40. The molecule has 94 valence electrons. The lowest BCUT2D eigenvalue weighted by atomic mass is 9.98. The predicted molar refractivity (Wildman–Crippen MR) is 64.2 cm³/mol. The van der Waals surface area contributed by atoms with Crippen LogP contribution < -0.4 is 0 Å². The van der Waals surface area contributed by atoms with Crippen LogP contribution in [-0.4, -0.2) is 17.4 Å². The fourth-order valence-electron chi connectivity index (χ4n) is 1.59. The number of ketones is 1. The number of carbonyl (C=O) groups excluding carboxylic acids is 2.